The molecule has 1 aromatic heterocycles. The molecule has 230 valence electrons. The second-order valence-electron chi connectivity index (χ2n) is 10.9. The van der Waals surface area contributed by atoms with Crippen LogP contribution in [0.3, 0.4) is 0 Å². The van der Waals surface area contributed by atoms with Crippen molar-refractivity contribution in [2.24, 2.45) is 0 Å². The zero-order valence-electron chi connectivity index (χ0n) is 25.8. The molecule has 0 N–H and O–H groups in total. The molecular weight excluding hydrogens is 593 g/mol. The van der Waals surface area contributed by atoms with Gasteiger partial charge < -0.3 is 18.7 Å². The summed E-state index contributed by atoms with van der Waals surface area (Å²) in [6, 6.07) is 45.2. The van der Waals surface area contributed by atoms with Crippen LogP contribution in [0.4, 0.5) is 0 Å². The summed E-state index contributed by atoms with van der Waals surface area (Å²) in [4.78, 5) is 11.1. The molecule has 0 aliphatic rings. The number of aromatic nitrogens is 1. The Hall–Kier alpha value is -5.19. The molecule has 6 nitrogen and oxygen atoms in total. The fourth-order valence-corrected chi connectivity index (χ4v) is 9.89. The van der Waals surface area contributed by atoms with Crippen molar-refractivity contribution < 1.29 is 23.5 Å². The Kier molecular flexibility index (Phi) is 9.56. The lowest BCUT2D eigenvalue weighted by Crippen LogP contribution is -2.32. The van der Waals surface area contributed by atoms with Gasteiger partial charge in [0.2, 0.25) is 5.75 Å². The van der Waals surface area contributed by atoms with E-state index in [-0.39, 0.29) is 0 Å². The van der Waals surface area contributed by atoms with E-state index in [1.807, 2.05) is 12.1 Å². The van der Waals surface area contributed by atoms with E-state index >= 15 is 0 Å². The van der Waals surface area contributed by atoms with Crippen molar-refractivity contribution in [1.82, 2.24) is 5.16 Å². The topological polar surface area (TPSA) is 70.8 Å². The van der Waals surface area contributed by atoms with E-state index in [4.69, 9.17) is 18.7 Å². The van der Waals surface area contributed by atoms with E-state index in [1.165, 1.54) is 15.9 Å². The fraction of sp³-hybridized carbons (Fsp3) is 0.128. The molecule has 0 bridgehead atoms. The highest BCUT2D eigenvalue weighted by atomic mass is 31.2. The van der Waals surface area contributed by atoms with Crippen LogP contribution >= 0.6 is 7.26 Å². The van der Waals surface area contributed by atoms with Crippen LogP contribution in [0.5, 0.6) is 23.0 Å². The van der Waals surface area contributed by atoms with Crippen LogP contribution in [0.15, 0.2) is 138 Å². The average molecular weight is 629 g/mol. The molecule has 0 aliphatic carbocycles. The Morgan fingerprint density at radius 1 is 0.674 bits per heavy atom. The summed E-state index contributed by atoms with van der Waals surface area (Å²) in [5, 5.41) is 8.50. The number of benzene rings is 5. The number of nitrogens with zero attached hydrogens (tertiary/aromatic N) is 1. The molecule has 6 aromatic rings. The highest BCUT2D eigenvalue weighted by molar-refractivity contribution is 7.95. The Bertz CT molecular complexity index is 1780. The van der Waals surface area contributed by atoms with E-state index in [0.29, 0.717) is 41.4 Å². The maximum atomic E-state index is 11.1. The number of hydrogen-bond donors (Lipinski definition) is 0. The zero-order valence-corrected chi connectivity index (χ0v) is 26.7. The molecule has 0 unspecified atom stereocenters. The molecule has 0 saturated carbocycles. The van der Waals surface area contributed by atoms with Gasteiger partial charge in [-0.15, -0.1) is 0 Å². The van der Waals surface area contributed by atoms with Gasteiger partial charge in [0.1, 0.15) is 52.8 Å². The van der Waals surface area contributed by atoms with Crippen molar-refractivity contribution in [3.63, 3.8) is 0 Å². The largest absolute Gasteiger partial charge is 0.493 e. The smallest absolute Gasteiger partial charge is 0.203 e. The first-order chi connectivity index (χ1) is 22.6. The Labute approximate surface area is 269 Å². The van der Waals surface area contributed by atoms with Crippen LogP contribution < -0.4 is 30.1 Å². The standard InChI is InChI=1S/C39H35NO5P/c1-42-37-24-30(25-38(39(37)43-2)44-32-21-18-29(27-41)19-22-32)20-23-33-26-31(40-45-33)28-46(34-12-6-3-7-13-34,35-14-8-4-9-15-35)36-16-10-5-11-17-36/h3-19,21-22,24-27H,20,23,28H2,1-2H3/q+1. The van der Waals surface area contributed by atoms with Crippen molar-refractivity contribution in [2.45, 2.75) is 19.0 Å². The minimum atomic E-state index is -2.09. The number of rotatable bonds is 13. The summed E-state index contributed by atoms with van der Waals surface area (Å²) in [5.74, 6) is 2.99. The van der Waals surface area contributed by atoms with Gasteiger partial charge in [0.25, 0.3) is 0 Å². The molecule has 0 amide bonds. The van der Waals surface area contributed by atoms with Gasteiger partial charge >= 0.3 is 0 Å². The van der Waals surface area contributed by atoms with Gasteiger partial charge in [-0.1, -0.05) is 59.8 Å². The molecule has 7 heteroatoms. The highest BCUT2D eigenvalue weighted by Gasteiger charge is 2.46. The number of methoxy groups -OCH3 is 2. The van der Waals surface area contributed by atoms with Gasteiger partial charge in [-0.25, -0.2) is 0 Å². The van der Waals surface area contributed by atoms with Gasteiger partial charge in [0.05, 0.1) is 14.2 Å². The van der Waals surface area contributed by atoms with E-state index in [9.17, 15) is 4.79 Å². The quantitative estimate of drug-likeness (QED) is 0.0971. The molecule has 0 radical (unpaired) electrons. The Balaban J connectivity index is 1.28. The number of aryl methyl sites for hydroxylation is 2. The van der Waals surface area contributed by atoms with E-state index < -0.39 is 7.26 Å². The molecule has 0 atom stereocenters. The lowest BCUT2D eigenvalue weighted by Gasteiger charge is -2.26. The molecule has 5 aromatic carbocycles. The lowest BCUT2D eigenvalue weighted by molar-refractivity contribution is 0.112. The minimum Gasteiger partial charge on any atom is -0.493 e. The average Bonchev–Trinajstić information content (AvgIpc) is 3.58. The Morgan fingerprint density at radius 3 is 1.76 bits per heavy atom. The van der Waals surface area contributed by atoms with Gasteiger partial charge in [-0.3, -0.25) is 4.79 Å². The molecule has 46 heavy (non-hydrogen) atoms. The van der Waals surface area contributed by atoms with Crippen molar-refractivity contribution in [3.05, 3.63) is 156 Å². The number of ether oxygens (including phenoxy) is 3. The van der Waals surface area contributed by atoms with Crippen LogP contribution in [0, 0.1) is 0 Å². The minimum absolute atomic E-state index is 0.496. The molecule has 6 rings (SSSR count). The summed E-state index contributed by atoms with van der Waals surface area (Å²) in [6.07, 6.45) is 2.86. The van der Waals surface area contributed by atoms with Gasteiger partial charge in [-0.2, -0.15) is 0 Å². The summed E-state index contributed by atoms with van der Waals surface area (Å²) in [7, 11) is 1.10. The molecule has 0 spiro atoms. The van der Waals surface area contributed by atoms with Crippen molar-refractivity contribution >= 4 is 29.5 Å². The first-order valence-corrected chi connectivity index (χ1v) is 17.1. The molecule has 1 heterocycles. The maximum absolute atomic E-state index is 11.1. The number of carbonyl (C=O) groups excluding carboxylic acids is 1. The highest BCUT2D eigenvalue weighted by Crippen LogP contribution is 2.58. The fourth-order valence-electron chi connectivity index (χ4n) is 5.77. The van der Waals surface area contributed by atoms with Gasteiger partial charge in [-0.05, 0) is 84.8 Å². The van der Waals surface area contributed by atoms with Crippen LogP contribution in [0.1, 0.15) is 27.4 Å². The lowest BCUT2D eigenvalue weighted by atomic mass is 10.1. The van der Waals surface area contributed by atoms with Gasteiger partial charge in [0, 0.05) is 18.1 Å². The summed E-state index contributed by atoms with van der Waals surface area (Å²) < 4.78 is 23.4. The SMILES string of the molecule is COc1cc(CCc2cc(C[P+](c3ccccc3)(c3ccccc3)c3ccccc3)no2)cc(Oc2ccc(C=O)cc2)c1OC. The van der Waals surface area contributed by atoms with E-state index in [1.54, 1.807) is 38.5 Å². The van der Waals surface area contributed by atoms with Crippen molar-refractivity contribution in [1.29, 1.82) is 0 Å². The first-order valence-electron chi connectivity index (χ1n) is 15.1. The van der Waals surface area contributed by atoms with Crippen LogP contribution in [0.25, 0.3) is 0 Å². The molecular formula is C39H35NO5P+. The third-order valence-corrected chi connectivity index (χ3v) is 12.3. The van der Waals surface area contributed by atoms with Crippen molar-refractivity contribution in [3.8, 4) is 23.0 Å². The number of hydrogen-bond acceptors (Lipinski definition) is 6. The van der Waals surface area contributed by atoms with Crippen molar-refractivity contribution in [2.75, 3.05) is 14.2 Å². The third-order valence-electron chi connectivity index (χ3n) is 8.01. The third kappa shape index (κ3) is 6.58. The second kappa shape index (κ2) is 14.3. The maximum Gasteiger partial charge on any atom is 0.203 e. The Morgan fingerprint density at radius 2 is 1.24 bits per heavy atom. The number of aldehydes is 1. The summed E-state index contributed by atoms with van der Waals surface area (Å²) in [6.45, 7) is 0. The normalized spacial score (nSPS) is 11.2. The molecule has 0 aliphatic heterocycles. The number of carbonyl (C=O) groups is 1. The second-order valence-corrected chi connectivity index (χ2v) is 14.4. The zero-order chi connectivity index (χ0) is 31.8. The molecule has 0 saturated heterocycles. The van der Waals surface area contributed by atoms with Crippen LogP contribution in [-0.2, 0) is 19.0 Å². The predicted molar refractivity (Wildman–Crippen MR) is 184 cm³/mol. The first kappa shape index (κ1) is 30.8. The predicted octanol–water partition coefficient (Wildman–Crippen LogP) is 7.58. The molecule has 0 fully saturated rings. The van der Waals surface area contributed by atoms with Crippen LogP contribution in [-0.4, -0.2) is 25.7 Å². The van der Waals surface area contributed by atoms with Crippen LogP contribution in [0.2, 0.25) is 0 Å². The summed E-state index contributed by atoms with van der Waals surface area (Å²) >= 11 is 0. The van der Waals surface area contributed by atoms with Gasteiger partial charge in [0.15, 0.2) is 11.5 Å². The summed E-state index contributed by atoms with van der Waals surface area (Å²) in [5.41, 5.74) is 2.50. The van der Waals surface area contributed by atoms with E-state index in [0.717, 1.165) is 29.5 Å². The van der Waals surface area contributed by atoms with E-state index in [2.05, 4.69) is 102 Å². The monoisotopic (exact) mass is 628 g/mol.